The maximum Gasteiger partial charge on any atom is 0.325 e. The second-order valence-corrected chi connectivity index (χ2v) is 4.09. The third-order valence-corrected chi connectivity index (χ3v) is 1.89. The lowest BCUT2D eigenvalue weighted by atomic mass is 10.3. The van der Waals surface area contributed by atoms with Crippen LogP contribution in [-0.4, -0.2) is 53.6 Å². The summed E-state index contributed by atoms with van der Waals surface area (Å²) in [6, 6.07) is -1.59. The fourth-order valence-electron chi connectivity index (χ4n) is 1.01. The van der Waals surface area contributed by atoms with Gasteiger partial charge in [-0.15, -0.1) is 0 Å². The minimum Gasteiger partial charge on any atom is -0.480 e. The van der Waals surface area contributed by atoms with E-state index in [0.29, 0.717) is 0 Å². The number of nitrogens with zero attached hydrogens (tertiary/aromatic N) is 1. The van der Waals surface area contributed by atoms with E-state index in [9.17, 15) is 14.4 Å². The van der Waals surface area contributed by atoms with Gasteiger partial charge in [-0.05, 0) is 20.8 Å². The molecule has 17 heavy (non-hydrogen) atoms. The van der Waals surface area contributed by atoms with Gasteiger partial charge in [0.15, 0.2) is 0 Å². The number of nitrogens with one attached hydrogen (secondary N) is 2. The van der Waals surface area contributed by atoms with Crippen molar-refractivity contribution in [1.82, 2.24) is 15.5 Å². The van der Waals surface area contributed by atoms with Crippen LogP contribution in [0.25, 0.3) is 0 Å². The molecular formula is C10H19N3O4. The molecule has 0 bridgehead atoms. The lowest BCUT2D eigenvalue weighted by Crippen LogP contribution is -2.48. The molecule has 0 aromatic rings. The van der Waals surface area contributed by atoms with Gasteiger partial charge in [0, 0.05) is 13.1 Å². The van der Waals surface area contributed by atoms with Gasteiger partial charge in [-0.2, -0.15) is 0 Å². The fraction of sp³-hybridized carbons (Fsp3) is 0.700. The highest BCUT2D eigenvalue weighted by Gasteiger charge is 2.18. The number of hydrogen-bond donors (Lipinski definition) is 3. The number of hydrogen-bond acceptors (Lipinski definition) is 3. The molecular weight excluding hydrogens is 226 g/mol. The molecule has 1 unspecified atom stereocenters. The number of urea groups is 1. The maximum absolute atomic E-state index is 11.5. The third-order valence-electron chi connectivity index (χ3n) is 1.89. The Morgan fingerprint density at radius 1 is 1.18 bits per heavy atom. The van der Waals surface area contributed by atoms with Crippen LogP contribution in [-0.2, 0) is 9.59 Å². The van der Waals surface area contributed by atoms with Crippen molar-refractivity contribution in [3.63, 3.8) is 0 Å². The van der Waals surface area contributed by atoms with Crippen LogP contribution in [0.3, 0.4) is 0 Å². The first-order valence-corrected chi connectivity index (χ1v) is 5.27. The Balaban J connectivity index is 4.14. The lowest BCUT2D eigenvalue weighted by Gasteiger charge is -2.19. The summed E-state index contributed by atoms with van der Waals surface area (Å²) in [6.45, 7) is 4.85. The molecule has 7 nitrogen and oxygen atoms in total. The molecule has 0 fully saturated rings. The van der Waals surface area contributed by atoms with Crippen molar-refractivity contribution in [2.75, 3.05) is 13.6 Å². The van der Waals surface area contributed by atoms with Crippen molar-refractivity contribution in [2.45, 2.75) is 32.9 Å². The number of amides is 3. The van der Waals surface area contributed by atoms with Gasteiger partial charge in [-0.3, -0.25) is 9.59 Å². The smallest absolute Gasteiger partial charge is 0.325 e. The van der Waals surface area contributed by atoms with Crippen molar-refractivity contribution in [1.29, 1.82) is 0 Å². The Kier molecular flexibility index (Phi) is 6.01. The van der Waals surface area contributed by atoms with Crippen LogP contribution in [0.1, 0.15) is 20.8 Å². The zero-order valence-electron chi connectivity index (χ0n) is 10.5. The van der Waals surface area contributed by atoms with Gasteiger partial charge in [0.2, 0.25) is 5.91 Å². The minimum atomic E-state index is -1.13. The summed E-state index contributed by atoms with van der Waals surface area (Å²) in [5.41, 5.74) is 0. The standard InChI is InChI=1S/C10H19N3O4/c1-6(2)11-8(14)5-13(4)10(17)12-7(3)9(15)16/h6-7H,5H2,1-4H3,(H,11,14)(H,12,17)(H,15,16). The van der Waals surface area contributed by atoms with Crippen LogP contribution < -0.4 is 10.6 Å². The average Bonchev–Trinajstić information content (AvgIpc) is 2.15. The predicted molar refractivity (Wildman–Crippen MR) is 61.5 cm³/mol. The van der Waals surface area contributed by atoms with Crippen LogP contribution in [0.4, 0.5) is 4.79 Å². The molecule has 0 aliphatic heterocycles. The Labute approximate surface area is 100 Å². The Hall–Kier alpha value is -1.79. The summed E-state index contributed by atoms with van der Waals surface area (Å²) in [7, 11) is 1.42. The van der Waals surface area contributed by atoms with Crippen LogP contribution in [0, 0.1) is 0 Å². The van der Waals surface area contributed by atoms with Gasteiger partial charge >= 0.3 is 12.0 Å². The number of carboxylic acids is 1. The molecule has 0 heterocycles. The second kappa shape index (κ2) is 6.72. The van der Waals surface area contributed by atoms with E-state index in [-0.39, 0.29) is 18.5 Å². The first-order chi connectivity index (χ1) is 7.73. The summed E-state index contributed by atoms with van der Waals surface area (Å²) in [5, 5.41) is 13.5. The van der Waals surface area contributed by atoms with Crippen LogP contribution >= 0.6 is 0 Å². The monoisotopic (exact) mass is 245 g/mol. The molecule has 0 aliphatic carbocycles. The minimum absolute atomic E-state index is 0.00287. The first-order valence-electron chi connectivity index (χ1n) is 5.27. The van der Waals surface area contributed by atoms with Crippen molar-refractivity contribution in [3.8, 4) is 0 Å². The number of likely N-dealkylation sites (N-methyl/N-ethyl adjacent to an activating group) is 1. The van der Waals surface area contributed by atoms with Crippen molar-refractivity contribution >= 4 is 17.9 Å². The van der Waals surface area contributed by atoms with Crippen molar-refractivity contribution in [2.24, 2.45) is 0 Å². The van der Waals surface area contributed by atoms with Gasteiger partial charge in [0.05, 0.1) is 0 Å². The fourth-order valence-corrected chi connectivity index (χ4v) is 1.01. The van der Waals surface area contributed by atoms with E-state index in [4.69, 9.17) is 5.11 Å². The predicted octanol–water partition coefficient (Wildman–Crippen LogP) is -0.374. The summed E-state index contributed by atoms with van der Waals surface area (Å²) in [4.78, 5) is 34.4. The van der Waals surface area contributed by atoms with E-state index in [0.717, 1.165) is 4.90 Å². The molecule has 0 spiro atoms. The number of carbonyl (C=O) groups is 3. The van der Waals surface area contributed by atoms with E-state index in [2.05, 4.69) is 10.6 Å². The Morgan fingerprint density at radius 2 is 1.71 bits per heavy atom. The van der Waals surface area contributed by atoms with E-state index in [1.165, 1.54) is 14.0 Å². The average molecular weight is 245 g/mol. The number of carboxylic acid groups (broad SMARTS) is 1. The van der Waals surface area contributed by atoms with Crippen molar-refractivity contribution in [3.05, 3.63) is 0 Å². The topological polar surface area (TPSA) is 98.7 Å². The number of carbonyl (C=O) groups excluding carboxylic acids is 2. The molecule has 0 aromatic heterocycles. The van der Waals surface area contributed by atoms with E-state index >= 15 is 0 Å². The number of aliphatic carboxylic acids is 1. The van der Waals surface area contributed by atoms with E-state index in [1.807, 2.05) is 13.8 Å². The molecule has 7 heteroatoms. The highest BCUT2D eigenvalue weighted by Crippen LogP contribution is 1.89. The highest BCUT2D eigenvalue weighted by atomic mass is 16.4. The quantitative estimate of drug-likeness (QED) is 0.615. The molecule has 0 aromatic carbocycles. The molecule has 0 radical (unpaired) electrons. The number of rotatable bonds is 5. The van der Waals surface area contributed by atoms with E-state index in [1.54, 1.807) is 0 Å². The molecule has 98 valence electrons. The van der Waals surface area contributed by atoms with Gasteiger partial charge in [0.25, 0.3) is 0 Å². The summed E-state index contributed by atoms with van der Waals surface area (Å²) >= 11 is 0. The zero-order chi connectivity index (χ0) is 13.6. The van der Waals surface area contributed by atoms with E-state index < -0.39 is 18.0 Å². The van der Waals surface area contributed by atoms with Gasteiger partial charge in [0.1, 0.15) is 12.6 Å². The zero-order valence-corrected chi connectivity index (χ0v) is 10.5. The van der Waals surface area contributed by atoms with Crippen LogP contribution in [0.5, 0.6) is 0 Å². The molecule has 3 N–H and O–H groups in total. The Bertz CT molecular complexity index is 304. The van der Waals surface area contributed by atoms with Gasteiger partial charge < -0.3 is 20.6 Å². The molecule has 0 saturated heterocycles. The summed E-state index contributed by atoms with van der Waals surface area (Å²) in [5.74, 6) is -1.42. The van der Waals surface area contributed by atoms with Crippen LogP contribution in [0.15, 0.2) is 0 Å². The normalized spacial score (nSPS) is 11.8. The summed E-state index contributed by atoms with van der Waals surface area (Å²) < 4.78 is 0. The summed E-state index contributed by atoms with van der Waals surface area (Å²) in [6.07, 6.45) is 0. The van der Waals surface area contributed by atoms with Gasteiger partial charge in [-0.25, -0.2) is 4.79 Å². The van der Waals surface area contributed by atoms with Crippen molar-refractivity contribution < 1.29 is 19.5 Å². The molecule has 0 saturated carbocycles. The molecule has 1 atom stereocenters. The van der Waals surface area contributed by atoms with Crippen LogP contribution in [0.2, 0.25) is 0 Å². The SMILES string of the molecule is CC(C)NC(=O)CN(C)C(=O)NC(C)C(=O)O. The third kappa shape index (κ3) is 6.39. The molecule has 3 amide bonds. The second-order valence-electron chi connectivity index (χ2n) is 4.09. The lowest BCUT2D eigenvalue weighted by molar-refractivity contribution is -0.138. The maximum atomic E-state index is 11.5. The van der Waals surface area contributed by atoms with Gasteiger partial charge in [-0.1, -0.05) is 0 Å². The Morgan fingerprint density at radius 3 is 2.12 bits per heavy atom. The first kappa shape index (κ1) is 15.2. The molecule has 0 rings (SSSR count). The largest absolute Gasteiger partial charge is 0.480 e. The molecule has 0 aliphatic rings. The highest BCUT2D eigenvalue weighted by molar-refractivity contribution is 5.86.